The smallest absolute Gasteiger partial charge is 0.407 e. The molecule has 3 aromatic rings. The van der Waals surface area contributed by atoms with Gasteiger partial charge in [0.2, 0.25) is 5.91 Å². The highest BCUT2D eigenvalue weighted by molar-refractivity contribution is 5.94. The molecule has 3 aromatic carbocycles. The molecule has 1 fully saturated rings. The van der Waals surface area contributed by atoms with Crippen LogP contribution in [0.2, 0.25) is 0 Å². The number of rotatable bonds is 16. The van der Waals surface area contributed by atoms with Crippen molar-refractivity contribution in [1.29, 1.82) is 0 Å². The van der Waals surface area contributed by atoms with Gasteiger partial charge in [-0.25, -0.2) is 4.79 Å². The zero-order valence-corrected chi connectivity index (χ0v) is 27.3. The fraction of sp³-hybridized carbons (Fsp3) is 0.417. The van der Waals surface area contributed by atoms with E-state index >= 15 is 0 Å². The van der Waals surface area contributed by atoms with Gasteiger partial charge < -0.3 is 39.6 Å². The number of methoxy groups -OCH3 is 1. The van der Waals surface area contributed by atoms with Gasteiger partial charge in [0.15, 0.2) is 0 Å². The van der Waals surface area contributed by atoms with Crippen LogP contribution in [0.15, 0.2) is 72.8 Å². The first-order valence-electron chi connectivity index (χ1n) is 15.9. The maximum atomic E-state index is 13.2. The Morgan fingerprint density at radius 2 is 1.70 bits per heavy atom. The molecule has 4 rings (SSSR count). The number of benzene rings is 3. The van der Waals surface area contributed by atoms with Crippen molar-refractivity contribution >= 4 is 23.6 Å². The number of carbonyl (C=O) groups excluding carboxylic acids is 2. The molecule has 0 bridgehead atoms. The molecule has 11 nitrogen and oxygen atoms in total. The average molecular weight is 648 g/mol. The van der Waals surface area contributed by atoms with E-state index in [2.05, 4.69) is 10.6 Å². The SMILES string of the molecule is COc1ccccc1COCCCOc1ccc(C2CCN(C(=O)O)CC2O[C@H](C)C(=O)Nc2ccccc2CCNC(C)=O)cc1. The van der Waals surface area contributed by atoms with Gasteiger partial charge in [-0.3, -0.25) is 9.59 Å². The van der Waals surface area contributed by atoms with E-state index in [-0.39, 0.29) is 24.3 Å². The minimum Gasteiger partial charge on any atom is -0.496 e. The molecule has 1 saturated heterocycles. The molecule has 1 aliphatic heterocycles. The van der Waals surface area contributed by atoms with Crippen molar-refractivity contribution in [3.05, 3.63) is 89.5 Å². The normalized spacial score (nSPS) is 16.6. The Labute approximate surface area is 276 Å². The van der Waals surface area contributed by atoms with Crippen molar-refractivity contribution in [2.24, 2.45) is 0 Å². The first-order valence-corrected chi connectivity index (χ1v) is 15.9. The van der Waals surface area contributed by atoms with E-state index in [1.807, 2.05) is 72.8 Å². The van der Waals surface area contributed by atoms with E-state index in [1.54, 1.807) is 14.0 Å². The number of hydrogen-bond acceptors (Lipinski definition) is 7. The van der Waals surface area contributed by atoms with E-state index in [4.69, 9.17) is 18.9 Å². The summed E-state index contributed by atoms with van der Waals surface area (Å²) in [6.07, 6.45) is -0.546. The van der Waals surface area contributed by atoms with Gasteiger partial charge in [-0.2, -0.15) is 0 Å². The molecular weight excluding hydrogens is 602 g/mol. The number of anilines is 1. The lowest BCUT2D eigenvalue weighted by Gasteiger charge is -2.38. The molecule has 0 aromatic heterocycles. The Morgan fingerprint density at radius 1 is 0.979 bits per heavy atom. The van der Waals surface area contributed by atoms with Crippen molar-refractivity contribution in [3.63, 3.8) is 0 Å². The van der Waals surface area contributed by atoms with Crippen molar-refractivity contribution in [3.8, 4) is 11.5 Å². The molecule has 0 radical (unpaired) electrons. The molecule has 3 atom stereocenters. The number of likely N-dealkylation sites (tertiary alicyclic amines) is 1. The van der Waals surface area contributed by atoms with Crippen LogP contribution in [0.4, 0.5) is 10.5 Å². The van der Waals surface area contributed by atoms with E-state index in [0.29, 0.717) is 51.4 Å². The number of nitrogens with one attached hydrogen (secondary N) is 2. The minimum atomic E-state index is -1.02. The molecule has 3 N–H and O–H groups in total. The second-order valence-electron chi connectivity index (χ2n) is 11.5. The molecule has 3 amide bonds. The summed E-state index contributed by atoms with van der Waals surface area (Å²) in [4.78, 5) is 37.6. The summed E-state index contributed by atoms with van der Waals surface area (Å²) in [5.74, 6) is 0.974. The third-order valence-electron chi connectivity index (χ3n) is 8.08. The highest BCUT2D eigenvalue weighted by Gasteiger charge is 2.35. The van der Waals surface area contributed by atoms with Crippen LogP contribution >= 0.6 is 0 Å². The molecule has 0 spiro atoms. The fourth-order valence-corrected chi connectivity index (χ4v) is 5.57. The number of para-hydroxylation sites is 2. The summed E-state index contributed by atoms with van der Waals surface area (Å²) in [5.41, 5.74) is 3.52. The van der Waals surface area contributed by atoms with Crippen LogP contribution in [0.3, 0.4) is 0 Å². The Hall–Kier alpha value is -4.61. The summed E-state index contributed by atoms with van der Waals surface area (Å²) < 4.78 is 23.3. The Bertz CT molecular complexity index is 1460. The van der Waals surface area contributed by atoms with Gasteiger partial charge in [0.05, 0.1) is 39.6 Å². The first kappa shape index (κ1) is 35.2. The highest BCUT2D eigenvalue weighted by Crippen LogP contribution is 2.32. The van der Waals surface area contributed by atoms with Crippen LogP contribution in [0, 0.1) is 0 Å². The van der Waals surface area contributed by atoms with Crippen LogP contribution in [0.25, 0.3) is 0 Å². The average Bonchev–Trinajstić information content (AvgIpc) is 3.07. The van der Waals surface area contributed by atoms with Crippen LogP contribution in [0.5, 0.6) is 11.5 Å². The molecule has 1 heterocycles. The molecular formula is C36H45N3O8. The topological polar surface area (TPSA) is 136 Å². The van der Waals surface area contributed by atoms with Gasteiger partial charge in [-0.1, -0.05) is 48.5 Å². The summed E-state index contributed by atoms with van der Waals surface area (Å²) in [6, 6.07) is 22.9. The quantitative estimate of drug-likeness (QED) is 0.180. The second-order valence-corrected chi connectivity index (χ2v) is 11.5. The van der Waals surface area contributed by atoms with Gasteiger partial charge in [0, 0.05) is 43.6 Å². The van der Waals surface area contributed by atoms with Crippen molar-refractivity contribution in [2.45, 2.75) is 57.8 Å². The van der Waals surface area contributed by atoms with E-state index in [0.717, 1.165) is 34.6 Å². The second kappa shape index (κ2) is 17.9. The highest BCUT2D eigenvalue weighted by atomic mass is 16.5. The molecule has 0 aliphatic carbocycles. The summed E-state index contributed by atoms with van der Waals surface area (Å²) in [5, 5.41) is 15.4. The molecule has 2 unspecified atom stereocenters. The van der Waals surface area contributed by atoms with Crippen LogP contribution < -0.4 is 20.1 Å². The van der Waals surface area contributed by atoms with Crippen LogP contribution in [0.1, 0.15) is 49.3 Å². The van der Waals surface area contributed by atoms with Crippen LogP contribution in [-0.4, -0.2) is 80.1 Å². The molecule has 0 saturated carbocycles. The Morgan fingerprint density at radius 3 is 2.43 bits per heavy atom. The maximum Gasteiger partial charge on any atom is 0.407 e. The van der Waals surface area contributed by atoms with Crippen molar-refractivity contribution in [2.75, 3.05) is 45.3 Å². The number of piperidine rings is 1. The molecule has 11 heteroatoms. The number of nitrogens with zero attached hydrogens (tertiary/aromatic N) is 1. The van der Waals surface area contributed by atoms with Gasteiger partial charge in [0.1, 0.15) is 17.6 Å². The third-order valence-corrected chi connectivity index (χ3v) is 8.08. The fourth-order valence-electron chi connectivity index (χ4n) is 5.57. The summed E-state index contributed by atoms with van der Waals surface area (Å²) in [6.45, 7) is 5.62. The first-order chi connectivity index (χ1) is 22.7. The van der Waals surface area contributed by atoms with Crippen molar-refractivity contribution < 1.29 is 38.4 Å². The number of carbonyl (C=O) groups is 3. The third kappa shape index (κ3) is 10.7. The number of carboxylic acid groups (broad SMARTS) is 1. The van der Waals surface area contributed by atoms with E-state index in [9.17, 15) is 19.5 Å². The lowest BCUT2D eigenvalue weighted by atomic mass is 9.87. The van der Waals surface area contributed by atoms with Crippen molar-refractivity contribution in [1.82, 2.24) is 10.2 Å². The Balaban J connectivity index is 1.30. The zero-order chi connectivity index (χ0) is 33.6. The predicted molar refractivity (Wildman–Crippen MR) is 178 cm³/mol. The monoisotopic (exact) mass is 647 g/mol. The largest absolute Gasteiger partial charge is 0.496 e. The van der Waals surface area contributed by atoms with Gasteiger partial charge in [-0.05, 0) is 55.2 Å². The van der Waals surface area contributed by atoms with E-state index in [1.165, 1.54) is 11.8 Å². The van der Waals surface area contributed by atoms with Gasteiger partial charge >= 0.3 is 6.09 Å². The number of hydrogen-bond donors (Lipinski definition) is 3. The van der Waals surface area contributed by atoms with Gasteiger partial charge in [0.25, 0.3) is 5.91 Å². The standard InChI is InChI=1S/C36H45N3O8/c1-25(35(41)38-32-11-6-4-9-28(32)17-19-37-26(2)40)47-34-23-39(36(42)43)20-18-31(34)27-13-15-30(16-14-27)46-22-8-21-45-24-29-10-5-7-12-33(29)44-3/h4-7,9-16,25,31,34H,8,17-24H2,1-3H3,(H,37,40)(H,38,41)(H,42,43)/t25-,31?,34?/m1/s1. The number of ether oxygens (including phenoxy) is 4. The maximum absolute atomic E-state index is 13.2. The number of amides is 3. The molecule has 252 valence electrons. The van der Waals surface area contributed by atoms with E-state index < -0.39 is 18.3 Å². The van der Waals surface area contributed by atoms with Gasteiger partial charge in [-0.15, -0.1) is 0 Å². The lowest BCUT2D eigenvalue weighted by molar-refractivity contribution is -0.132. The summed E-state index contributed by atoms with van der Waals surface area (Å²) in [7, 11) is 1.64. The Kier molecular flexibility index (Phi) is 13.4. The minimum absolute atomic E-state index is 0.108. The molecule has 47 heavy (non-hydrogen) atoms. The molecule has 1 aliphatic rings. The predicted octanol–water partition coefficient (Wildman–Crippen LogP) is 5.24. The van der Waals surface area contributed by atoms with Crippen LogP contribution in [-0.2, 0) is 32.1 Å². The lowest BCUT2D eigenvalue weighted by Crippen LogP contribution is -2.48. The summed E-state index contributed by atoms with van der Waals surface area (Å²) >= 11 is 0. The zero-order valence-electron chi connectivity index (χ0n) is 27.3.